The monoisotopic (exact) mass is 365 g/mol. The highest BCUT2D eigenvalue weighted by molar-refractivity contribution is 5.97. The van der Waals surface area contributed by atoms with E-state index in [1.165, 1.54) is 0 Å². The Hall–Kier alpha value is -3.09. The quantitative estimate of drug-likeness (QED) is 0.615. The van der Waals surface area contributed by atoms with Crippen LogP contribution in [0.15, 0.2) is 24.7 Å². The molecule has 0 radical (unpaired) electrons. The van der Waals surface area contributed by atoms with Gasteiger partial charge in [0.05, 0.1) is 24.2 Å². The standard InChI is InChI=1S/C16H11F4N5O/c17-11-5-10(6-22-7-11)14-23-8-12(13(24-14)16(18,19)20)25(4-3-21)15(26)9-1-2-9/h5-9H,1-2,4H2. The molecule has 3 rings (SSSR count). The fraction of sp³-hybridized carbons (Fsp3) is 0.312. The average Bonchev–Trinajstić information content (AvgIpc) is 3.43. The highest BCUT2D eigenvalue weighted by atomic mass is 19.4. The van der Waals surface area contributed by atoms with Crippen molar-refractivity contribution in [1.82, 2.24) is 15.0 Å². The maximum Gasteiger partial charge on any atom is 0.435 e. The zero-order valence-corrected chi connectivity index (χ0v) is 13.2. The zero-order chi connectivity index (χ0) is 18.9. The molecule has 6 nitrogen and oxygen atoms in total. The lowest BCUT2D eigenvalue weighted by Crippen LogP contribution is -2.35. The summed E-state index contributed by atoms with van der Waals surface area (Å²) in [6.07, 6.45) is -0.919. The molecule has 0 aromatic carbocycles. The number of amides is 1. The van der Waals surface area contributed by atoms with E-state index in [1.807, 2.05) is 0 Å². The van der Waals surface area contributed by atoms with Crippen molar-refractivity contribution in [1.29, 1.82) is 5.26 Å². The van der Waals surface area contributed by atoms with Crippen LogP contribution in [0.4, 0.5) is 23.2 Å². The van der Waals surface area contributed by atoms with Gasteiger partial charge in [0.1, 0.15) is 12.4 Å². The predicted octanol–water partition coefficient (Wildman–Crippen LogP) is 2.96. The van der Waals surface area contributed by atoms with E-state index in [0.717, 1.165) is 29.6 Å². The molecule has 2 aromatic rings. The zero-order valence-electron chi connectivity index (χ0n) is 13.2. The molecule has 0 spiro atoms. The second-order valence-electron chi connectivity index (χ2n) is 5.67. The average molecular weight is 365 g/mol. The van der Waals surface area contributed by atoms with Gasteiger partial charge in [-0.15, -0.1) is 0 Å². The number of hydrogen-bond donors (Lipinski definition) is 0. The number of anilines is 1. The number of pyridine rings is 1. The summed E-state index contributed by atoms with van der Waals surface area (Å²) in [4.78, 5) is 23.8. The molecule has 1 saturated carbocycles. The minimum Gasteiger partial charge on any atom is -0.295 e. The summed E-state index contributed by atoms with van der Waals surface area (Å²) in [5.74, 6) is -2.10. The van der Waals surface area contributed by atoms with E-state index in [0.29, 0.717) is 12.8 Å². The lowest BCUT2D eigenvalue weighted by molar-refractivity contribution is -0.140. The first-order valence-electron chi connectivity index (χ1n) is 7.54. The van der Waals surface area contributed by atoms with Crippen LogP contribution < -0.4 is 4.90 Å². The molecule has 0 N–H and O–H groups in total. The van der Waals surface area contributed by atoms with Crippen LogP contribution in [-0.4, -0.2) is 27.4 Å². The number of nitrogens with zero attached hydrogens (tertiary/aromatic N) is 5. The van der Waals surface area contributed by atoms with Crippen molar-refractivity contribution < 1.29 is 22.4 Å². The lowest BCUT2D eigenvalue weighted by atomic mass is 10.2. The van der Waals surface area contributed by atoms with E-state index >= 15 is 0 Å². The number of alkyl halides is 3. The Morgan fingerprint density at radius 1 is 1.31 bits per heavy atom. The van der Waals surface area contributed by atoms with Crippen molar-refractivity contribution in [2.75, 3.05) is 11.4 Å². The van der Waals surface area contributed by atoms with E-state index < -0.39 is 41.7 Å². The van der Waals surface area contributed by atoms with Crippen molar-refractivity contribution in [2.45, 2.75) is 19.0 Å². The molecule has 1 fully saturated rings. The molecule has 1 aliphatic rings. The van der Waals surface area contributed by atoms with Gasteiger partial charge in [-0.2, -0.15) is 18.4 Å². The van der Waals surface area contributed by atoms with Crippen LogP contribution in [0.2, 0.25) is 0 Å². The molecule has 2 aromatic heterocycles. The van der Waals surface area contributed by atoms with Crippen molar-refractivity contribution in [3.8, 4) is 17.5 Å². The number of rotatable bonds is 4. The molecule has 0 bridgehead atoms. The highest BCUT2D eigenvalue weighted by Crippen LogP contribution is 2.38. The summed E-state index contributed by atoms with van der Waals surface area (Å²) in [5.41, 5.74) is -2.00. The van der Waals surface area contributed by atoms with Crippen molar-refractivity contribution >= 4 is 11.6 Å². The SMILES string of the molecule is N#CCN(C(=O)C1CC1)c1cnc(-c2cncc(F)c2)nc1C(F)(F)F. The Kier molecular flexibility index (Phi) is 4.54. The van der Waals surface area contributed by atoms with Gasteiger partial charge in [-0.05, 0) is 18.9 Å². The summed E-state index contributed by atoms with van der Waals surface area (Å²) >= 11 is 0. The molecule has 0 aliphatic heterocycles. The van der Waals surface area contributed by atoms with Gasteiger partial charge in [-0.1, -0.05) is 0 Å². The molecule has 26 heavy (non-hydrogen) atoms. The van der Waals surface area contributed by atoms with Crippen LogP contribution in [0.1, 0.15) is 18.5 Å². The van der Waals surface area contributed by atoms with Crippen LogP contribution in [0.3, 0.4) is 0 Å². The minimum absolute atomic E-state index is 0.0394. The molecule has 0 unspecified atom stereocenters. The van der Waals surface area contributed by atoms with E-state index in [9.17, 15) is 22.4 Å². The number of nitriles is 1. The molecule has 0 saturated heterocycles. The molecule has 1 aliphatic carbocycles. The van der Waals surface area contributed by atoms with Gasteiger partial charge in [-0.3, -0.25) is 14.7 Å². The normalized spacial score (nSPS) is 14.0. The molecular formula is C16H11F4N5O. The smallest absolute Gasteiger partial charge is 0.295 e. The number of halogens is 4. The van der Waals surface area contributed by atoms with Crippen LogP contribution >= 0.6 is 0 Å². The number of carbonyl (C=O) groups is 1. The Labute approximate surface area is 145 Å². The fourth-order valence-electron chi connectivity index (χ4n) is 2.36. The minimum atomic E-state index is -4.90. The lowest BCUT2D eigenvalue weighted by Gasteiger charge is -2.23. The summed E-state index contributed by atoms with van der Waals surface area (Å²) in [6, 6.07) is 2.63. The predicted molar refractivity (Wildman–Crippen MR) is 80.9 cm³/mol. The van der Waals surface area contributed by atoms with E-state index in [4.69, 9.17) is 5.26 Å². The Morgan fingerprint density at radius 3 is 2.62 bits per heavy atom. The second kappa shape index (κ2) is 6.67. The van der Waals surface area contributed by atoms with Crippen LogP contribution in [0, 0.1) is 23.1 Å². The summed E-state index contributed by atoms with van der Waals surface area (Å²) in [5, 5.41) is 8.89. The third-order valence-corrected chi connectivity index (χ3v) is 3.71. The molecule has 10 heteroatoms. The van der Waals surface area contributed by atoms with E-state index in [2.05, 4.69) is 15.0 Å². The largest absolute Gasteiger partial charge is 0.435 e. The van der Waals surface area contributed by atoms with E-state index in [-0.39, 0.29) is 11.4 Å². The fourth-order valence-corrected chi connectivity index (χ4v) is 2.36. The topological polar surface area (TPSA) is 82.8 Å². The van der Waals surface area contributed by atoms with Gasteiger partial charge in [0.2, 0.25) is 5.91 Å². The Balaban J connectivity index is 2.10. The van der Waals surface area contributed by atoms with Gasteiger partial charge in [-0.25, -0.2) is 14.4 Å². The van der Waals surface area contributed by atoms with Gasteiger partial charge in [0.15, 0.2) is 11.5 Å². The van der Waals surface area contributed by atoms with Gasteiger partial charge < -0.3 is 0 Å². The van der Waals surface area contributed by atoms with Gasteiger partial charge in [0, 0.05) is 17.7 Å². The van der Waals surface area contributed by atoms with Gasteiger partial charge in [0.25, 0.3) is 0 Å². The van der Waals surface area contributed by atoms with Gasteiger partial charge >= 0.3 is 6.18 Å². The van der Waals surface area contributed by atoms with Crippen LogP contribution in [0.5, 0.6) is 0 Å². The first-order chi connectivity index (χ1) is 12.3. The Bertz CT molecular complexity index is 889. The molecule has 2 heterocycles. The molecule has 134 valence electrons. The molecule has 0 atom stereocenters. The second-order valence-corrected chi connectivity index (χ2v) is 5.67. The first-order valence-corrected chi connectivity index (χ1v) is 7.54. The highest BCUT2D eigenvalue weighted by Gasteiger charge is 2.41. The third-order valence-electron chi connectivity index (χ3n) is 3.71. The summed E-state index contributed by atoms with van der Waals surface area (Å²) in [6.45, 7) is -0.553. The molecular weight excluding hydrogens is 354 g/mol. The van der Waals surface area contributed by atoms with Crippen LogP contribution in [0.25, 0.3) is 11.4 Å². The first kappa shape index (κ1) is 17.7. The van der Waals surface area contributed by atoms with Crippen molar-refractivity contribution in [3.05, 3.63) is 36.2 Å². The van der Waals surface area contributed by atoms with Crippen molar-refractivity contribution in [3.63, 3.8) is 0 Å². The number of aromatic nitrogens is 3. The summed E-state index contributed by atoms with van der Waals surface area (Å²) in [7, 11) is 0. The number of carbonyl (C=O) groups excluding carboxylic acids is 1. The maximum absolute atomic E-state index is 13.5. The van der Waals surface area contributed by atoms with Crippen molar-refractivity contribution in [2.24, 2.45) is 5.92 Å². The number of hydrogen-bond acceptors (Lipinski definition) is 5. The van der Waals surface area contributed by atoms with Crippen LogP contribution in [-0.2, 0) is 11.0 Å². The Morgan fingerprint density at radius 2 is 2.04 bits per heavy atom. The summed E-state index contributed by atoms with van der Waals surface area (Å²) < 4.78 is 53.8. The maximum atomic E-state index is 13.5. The third kappa shape index (κ3) is 3.61. The van der Waals surface area contributed by atoms with E-state index in [1.54, 1.807) is 6.07 Å². The molecule has 1 amide bonds.